The summed E-state index contributed by atoms with van der Waals surface area (Å²) in [6.45, 7) is 0. The van der Waals surface area contributed by atoms with Crippen molar-refractivity contribution in [2.45, 2.75) is 12.7 Å². The van der Waals surface area contributed by atoms with Crippen LogP contribution < -0.4 is 0 Å². The fourth-order valence-corrected chi connectivity index (χ4v) is 1.79. The largest absolute Gasteiger partial charge is 0.451 e. The maximum Gasteiger partial charge on any atom is 0.451 e. The third kappa shape index (κ3) is 3.44. The van der Waals surface area contributed by atoms with Crippen molar-refractivity contribution in [1.82, 2.24) is 0 Å². The molecule has 0 saturated carbocycles. The van der Waals surface area contributed by atoms with E-state index in [4.69, 9.17) is 10.0 Å². The molecule has 86 valence electrons. The van der Waals surface area contributed by atoms with E-state index in [0.29, 0.717) is 12.7 Å². The fourth-order valence-electron chi connectivity index (χ4n) is 1.79. The zero-order valence-corrected chi connectivity index (χ0v) is 9.58. The van der Waals surface area contributed by atoms with E-state index in [2.05, 4.69) is 24.3 Å². The minimum atomic E-state index is -1.22. The molecule has 0 amide bonds. The molecule has 2 rings (SSSR count). The van der Waals surface area contributed by atoms with Gasteiger partial charge in [-0.25, -0.2) is 0 Å². The monoisotopic (exact) mass is 226 g/mol. The highest BCUT2D eigenvalue weighted by atomic mass is 16.4. The molecule has 2 aromatic carbocycles. The summed E-state index contributed by atoms with van der Waals surface area (Å²) in [5.41, 5.74) is 3.50. The Hall–Kier alpha value is -1.58. The van der Waals surface area contributed by atoms with Crippen molar-refractivity contribution in [3.05, 3.63) is 60.2 Å². The molecule has 0 bridgehead atoms. The first-order valence-electron chi connectivity index (χ1n) is 5.76. The third-order valence-electron chi connectivity index (χ3n) is 2.75. The Kier molecular flexibility index (Phi) is 3.96. The highest BCUT2D eigenvalue weighted by Crippen LogP contribution is 2.19. The molecule has 0 spiro atoms. The van der Waals surface area contributed by atoms with Crippen molar-refractivity contribution in [3.63, 3.8) is 0 Å². The molecule has 2 N–H and O–H groups in total. The number of hydrogen-bond acceptors (Lipinski definition) is 2. The molecule has 0 unspecified atom stereocenters. The van der Waals surface area contributed by atoms with E-state index in [0.717, 1.165) is 5.56 Å². The zero-order valence-electron chi connectivity index (χ0n) is 9.58. The summed E-state index contributed by atoms with van der Waals surface area (Å²) in [6, 6.07) is 18.4. The summed E-state index contributed by atoms with van der Waals surface area (Å²) in [6.07, 6.45) is 1.07. The average molecular weight is 226 g/mol. The second kappa shape index (κ2) is 5.66. The quantitative estimate of drug-likeness (QED) is 0.785. The van der Waals surface area contributed by atoms with E-state index < -0.39 is 7.12 Å². The minimum Gasteiger partial charge on any atom is -0.427 e. The number of rotatable bonds is 4. The standard InChI is InChI=1S/C14H15BO2/c16-15(17)11-10-12-6-8-14(9-7-12)13-4-2-1-3-5-13/h1-9,16-17H,10-11H2. The van der Waals surface area contributed by atoms with Crippen LogP contribution in [0.5, 0.6) is 0 Å². The minimum absolute atomic E-state index is 0.380. The summed E-state index contributed by atoms with van der Waals surface area (Å²) in [5, 5.41) is 17.6. The molecule has 17 heavy (non-hydrogen) atoms. The maximum absolute atomic E-state index is 8.80. The van der Waals surface area contributed by atoms with Gasteiger partial charge in [0.2, 0.25) is 0 Å². The van der Waals surface area contributed by atoms with Gasteiger partial charge in [0.15, 0.2) is 0 Å². The normalized spacial score (nSPS) is 10.2. The predicted octanol–water partition coefficient (Wildman–Crippen LogP) is 2.37. The van der Waals surface area contributed by atoms with Crippen LogP contribution in [0.3, 0.4) is 0 Å². The van der Waals surface area contributed by atoms with Crippen molar-refractivity contribution >= 4 is 7.12 Å². The lowest BCUT2D eigenvalue weighted by Gasteiger charge is -2.04. The zero-order chi connectivity index (χ0) is 12.1. The van der Waals surface area contributed by atoms with Gasteiger partial charge in [-0.05, 0) is 29.4 Å². The van der Waals surface area contributed by atoms with Gasteiger partial charge in [-0.2, -0.15) is 0 Å². The molecular weight excluding hydrogens is 211 g/mol. The maximum atomic E-state index is 8.80. The van der Waals surface area contributed by atoms with Crippen molar-refractivity contribution in [3.8, 4) is 11.1 Å². The Balaban J connectivity index is 2.08. The predicted molar refractivity (Wildman–Crippen MR) is 70.6 cm³/mol. The second-order valence-electron chi connectivity index (χ2n) is 4.08. The van der Waals surface area contributed by atoms with Gasteiger partial charge in [0.05, 0.1) is 0 Å². The van der Waals surface area contributed by atoms with E-state index in [1.165, 1.54) is 11.1 Å². The average Bonchev–Trinajstić information content (AvgIpc) is 2.38. The van der Waals surface area contributed by atoms with Crippen LogP contribution in [-0.4, -0.2) is 17.2 Å². The Labute approximate surface area is 102 Å². The van der Waals surface area contributed by atoms with E-state index >= 15 is 0 Å². The van der Waals surface area contributed by atoms with Gasteiger partial charge in [-0.1, -0.05) is 54.6 Å². The van der Waals surface area contributed by atoms with E-state index in [1.54, 1.807) is 0 Å². The molecule has 0 saturated heterocycles. The molecule has 0 radical (unpaired) electrons. The first-order valence-corrected chi connectivity index (χ1v) is 5.76. The number of hydrogen-bond donors (Lipinski definition) is 2. The van der Waals surface area contributed by atoms with Gasteiger partial charge in [-0.15, -0.1) is 0 Å². The van der Waals surface area contributed by atoms with Crippen molar-refractivity contribution in [2.24, 2.45) is 0 Å². The molecule has 2 aromatic rings. The number of aryl methyl sites for hydroxylation is 1. The van der Waals surface area contributed by atoms with Gasteiger partial charge < -0.3 is 10.0 Å². The Bertz CT molecular complexity index is 451. The van der Waals surface area contributed by atoms with Gasteiger partial charge in [-0.3, -0.25) is 0 Å². The molecule has 3 heteroatoms. The van der Waals surface area contributed by atoms with Crippen molar-refractivity contribution in [2.75, 3.05) is 0 Å². The smallest absolute Gasteiger partial charge is 0.427 e. The van der Waals surface area contributed by atoms with Crippen molar-refractivity contribution < 1.29 is 10.0 Å². The highest BCUT2D eigenvalue weighted by Gasteiger charge is 2.06. The number of benzene rings is 2. The molecule has 0 aromatic heterocycles. The summed E-state index contributed by atoms with van der Waals surface area (Å²) in [7, 11) is -1.22. The Morgan fingerprint density at radius 1 is 0.765 bits per heavy atom. The van der Waals surface area contributed by atoms with Gasteiger partial charge >= 0.3 is 7.12 Å². The molecule has 0 heterocycles. The fraction of sp³-hybridized carbons (Fsp3) is 0.143. The molecular formula is C14H15BO2. The SMILES string of the molecule is OB(O)CCc1ccc(-c2ccccc2)cc1. The van der Waals surface area contributed by atoms with Crippen LogP contribution in [0.4, 0.5) is 0 Å². The lowest BCUT2D eigenvalue weighted by atomic mass is 9.82. The summed E-state index contributed by atoms with van der Waals surface area (Å²) in [4.78, 5) is 0. The summed E-state index contributed by atoms with van der Waals surface area (Å²) in [5.74, 6) is 0. The van der Waals surface area contributed by atoms with Crippen LogP contribution in [0.15, 0.2) is 54.6 Å². The van der Waals surface area contributed by atoms with Crippen LogP contribution in [0.25, 0.3) is 11.1 Å². The van der Waals surface area contributed by atoms with Crippen LogP contribution in [0, 0.1) is 0 Å². The second-order valence-corrected chi connectivity index (χ2v) is 4.08. The van der Waals surface area contributed by atoms with Crippen molar-refractivity contribution in [1.29, 1.82) is 0 Å². The first kappa shape index (κ1) is 11.9. The van der Waals surface area contributed by atoms with Crippen LogP contribution >= 0.6 is 0 Å². The Morgan fingerprint density at radius 2 is 1.35 bits per heavy atom. The summed E-state index contributed by atoms with van der Waals surface area (Å²) >= 11 is 0. The topological polar surface area (TPSA) is 40.5 Å². The molecule has 2 nitrogen and oxygen atoms in total. The van der Waals surface area contributed by atoms with Gasteiger partial charge in [0.1, 0.15) is 0 Å². The molecule has 0 fully saturated rings. The van der Waals surface area contributed by atoms with Gasteiger partial charge in [0.25, 0.3) is 0 Å². The molecule has 0 aliphatic carbocycles. The van der Waals surface area contributed by atoms with E-state index in [1.807, 2.05) is 30.3 Å². The van der Waals surface area contributed by atoms with E-state index in [-0.39, 0.29) is 0 Å². The highest BCUT2D eigenvalue weighted by molar-refractivity contribution is 6.40. The first-order chi connectivity index (χ1) is 8.25. The lowest BCUT2D eigenvalue weighted by molar-refractivity contribution is 0.405. The van der Waals surface area contributed by atoms with Gasteiger partial charge in [0, 0.05) is 0 Å². The van der Waals surface area contributed by atoms with Crippen LogP contribution in [-0.2, 0) is 6.42 Å². The van der Waals surface area contributed by atoms with Crippen LogP contribution in [0.1, 0.15) is 5.56 Å². The lowest BCUT2D eigenvalue weighted by Crippen LogP contribution is -2.10. The molecule has 0 atom stereocenters. The summed E-state index contributed by atoms with van der Waals surface area (Å²) < 4.78 is 0. The van der Waals surface area contributed by atoms with E-state index in [9.17, 15) is 0 Å². The molecule has 0 aliphatic rings. The third-order valence-corrected chi connectivity index (χ3v) is 2.75. The Morgan fingerprint density at radius 3 is 1.94 bits per heavy atom. The van der Waals surface area contributed by atoms with Crippen LogP contribution in [0.2, 0.25) is 6.32 Å². The molecule has 0 aliphatic heterocycles.